The van der Waals surface area contributed by atoms with Crippen molar-refractivity contribution < 1.29 is 13.7 Å². The van der Waals surface area contributed by atoms with E-state index in [0.717, 1.165) is 11.8 Å². The molecule has 1 N–H and O–H groups in total. The highest BCUT2D eigenvalue weighted by molar-refractivity contribution is 5.76. The number of amides is 1. The number of nitrogens with zero attached hydrogens (tertiary/aromatic N) is 2. The van der Waals surface area contributed by atoms with E-state index in [1.54, 1.807) is 18.4 Å². The quantitative estimate of drug-likeness (QED) is 0.903. The fourth-order valence-corrected chi connectivity index (χ4v) is 5.50. The van der Waals surface area contributed by atoms with Gasteiger partial charge in [-0.2, -0.15) is 4.98 Å². The maximum Gasteiger partial charge on any atom is 0.238 e. The third-order valence-electron chi connectivity index (χ3n) is 6.33. The predicted molar refractivity (Wildman–Crippen MR) is 89.3 cm³/mol. The van der Waals surface area contributed by atoms with Crippen molar-refractivity contribution in [2.45, 2.75) is 51.0 Å². The fourth-order valence-electron chi connectivity index (χ4n) is 5.50. The van der Waals surface area contributed by atoms with E-state index in [1.807, 2.05) is 0 Å². The molecule has 0 spiro atoms. The van der Waals surface area contributed by atoms with Crippen LogP contribution in [-0.2, 0) is 11.2 Å². The van der Waals surface area contributed by atoms with Crippen LogP contribution in [0.5, 0.6) is 0 Å². The minimum atomic E-state index is 0.107. The van der Waals surface area contributed by atoms with E-state index in [0.29, 0.717) is 48.2 Å². The lowest BCUT2D eigenvalue weighted by molar-refractivity contribution is -0.125. The van der Waals surface area contributed by atoms with Gasteiger partial charge in [0.25, 0.3) is 0 Å². The highest BCUT2D eigenvalue weighted by atomic mass is 16.5. The summed E-state index contributed by atoms with van der Waals surface area (Å²) < 4.78 is 10.5. The van der Waals surface area contributed by atoms with Crippen molar-refractivity contribution >= 4 is 5.91 Å². The molecule has 6 nitrogen and oxygen atoms in total. The lowest BCUT2D eigenvalue weighted by Crippen LogP contribution is -2.55. The Bertz CT molecular complexity index is 724. The Balaban J connectivity index is 1.16. The summed E-state index contributed by atoms with van der Waals surface area (Å²) in [4.78, 5) is 16.7. The predicted octanol–water partition coefficient (Wildman–Crippen LogP) is 3.20. The van der Waals surface area contributed by atoms with E-state index in [2.05, 4.69) is 15.5 Å². The third-order valence-corrected chi connectivity index (χ3v) is 6.33. The molecule has 4 saturated carbocycles. The second-order valence-electron chi connectivity index (χ2n) is 8.01. The van der Waals surface area contributed by atoms with E-state index in [1.165, 1.54) is 32.1 Å². The Morgan fingerprint density at radius 3 is 2.60 bits per heavy atom. The van der Waals surface area contributed by atoms with Crippen molar-refractivity contribution in [1.82, 2.24) is 15.5 Å². The lowest BCUT2D eigenvalue weighted by Gasteiger charge is -2.54. The molecule has 4 aliphatic carbocycles. The van der Waals surface area contributed by atoms with Gasteiger partial charge in [-0.15, -0.1) is 0 Å². The van der Waals surface area contributed by atoms with Crippen LogP contribution in [0.2, 0.25) is 0 Å². The minimum absolute atomic E-state index is 0.107. The van der Waals surface area contributed by atoms with Crippen LogP contribution in [0.15, 0.2) is 27.3 Å². The number of rotatable bonds is 5. The van der Waals surface area contributed by atoms with Crippen LogP contribution >= 0.6 is 0 Å². The molecule has 0 saturated heterocycles. The van der Waals surface area contributed by atoms with Crippen molar-refractivity contribution in [3.05, 3.63) is 24.3 Å². The van der Waals surface area contributed by atoms with Gasteiger partial charge in [-0.05, 0) is 67.9 Å². The van der Waals surface area contributed by atoms with E-state index >= 15 is 0 Å². The number of hydrogen-bond donors (Lipinski definition) is 1. The maximum atomic E-state index is 12.4. The molecule has 2 heterocycles. The molecule has 2 aromatic rings. The Labute approximate surface area is 146 Å². The molecule has 6 rings (SSSR count). The van der Waals surface area contributed by atoms with E-state index in [-0.39, 0.29) is 5.91 Å². The van der Waals surface area contributed by atoms with Gasteiger partial charge in [-0.3, -0.25) is 4.79 Å². The zero-order chi connectivity index (χ0) is 16.8. The van der Waals surface area contributed by atoms with E-state index < -0.39 is 0 Å². The van der Waals surface area contributed by atoms with Gasteiger partial charge < -0.3 is 14.3 Å². The van der Waals surface area contributed by atoms with Gasteiger partial charge >= 0.3 is 0 Å². The van der Waals surface area contributed by atoms with Crippen LogP contribution in [0.25, 0.3) is 11.6 Å². The molecule has 0 aromatic carbocycles. The van der Waals surface area contributed by atoms with Crippen molar-refractivity contribution in [2.75, 3.05) is 0 Å². The molecule has 132 valence electrons. The van der Waals surface area contributed by atoms with Gasteiger partial charge in [0.2, 0.25) is 17.6 Å². The van der Waals surface area contributed by atoms with Crippen LogP contribution in [-0.4, -0.2) is 22.1 Å². The summed E-state index contributed by atoms with van der Waals surface area (Å²) in [5.41, 5.74) is 0. The highest BCUT2D eigenvalue weighted by Gasteiger charge is 2.48. The fraction of sp³-hybridized carbons (Fsp3) is 0.632. The Kier molecular flexibility index (Phi) is 3.64. The van der Waals surface area contributed by atoms with Gasteiger partial charge in [0.15, 0.2) is 5.76 Å². The van der Waals surface area contributed by atoms with Gasteiger partial charge in [0.05, 0.1) is 6.26 Å². The molecule has 4 bridgehead atoms. The molecule has 25 heavy (non-hydrogen) atoms. The first-order valence-corrected chi connectivity index (χ1v) is 9.40. The summed E-state index contributed by atoms with van der Waals surface area (Å²) in [6, 6.07) is 3.96. The number of carbonyl (C=O) groups is 1. The second kappa shape index (κ2) is 6.00. The second-order valence-corrected chi connectivity index (χ2v) is 8.01. The zero-order valence-corrected chi connectivity index (χ0v) is 14.2. The Morgan fingerprint density at radius 2 is 1.92 bits per heavy atom. The topological polar surface area (TPSA) is 81.2 Å². The van der Waals surface area contributed by atoms with Crippen molar-refractivity contribution in [3.63, 3.8) is 0 Å². The standard InChI is InChI=1S/C19H23N3O3/c23-16(3-4-17-21-19(22-25-17)15-2-1-5-24-15)20-18-13-7-11-6-12(9-13)10-14(18)8-11/h1-2,5,11-14,18H,3-4,6-10H2,(H,20,23). The lowest BCUT2D eigenvalue weighted by atomic mass is 9.54. The third kappa shape index (κ3) is 2.87. The largest absolute Gasteiger partial charge is 0.461 e. The van der Waals surface area contributed by atoms with E-state index in [4.69, 9.17) is 8.94 Å². The molecule has 4 fully saturated rings. The molecular formula is C19H23N3O3. The first kappa shape index (κ1) is 15.2. The van der Waals surface area contributed by atoms with Crippen LogP contribution in [0.1, 0.15) is 44.4 Å². The summed E-state index contributed by atoms with van der Waals surface area (Å²) in [5.74, 6) is 4.85. The SMILES string of the molecule is O=C(CCc1nc(-c2ccco2)no1)NC1C2CC3CC(C2)CC1C3. The van der Waals surface area contributed by atoms with Crippen molar-refractivity contribution in [2.24, 2.45) is 23.7 Å². The number of carbonyl (C=O) groups excluding carboxylic acids is 1. The highest BCUT2D eigenvalue weighted by Crippen LogP contribution is 2.53. The number of aromatic nitrogens is 2. The number of aryl methyl sites for hydroxylation is 1. The number of hydrogen-bond acceptors (Lipinski definition) is 5. The number of nitrogens with one attached hydrogen (secondary N) is 1. The molecule has 2 aromatic heterocycles. The van der Waals surface area contributed by atoms with Gasteiger partial charge in [0.1, 0.15) is 0 Å². The molecule has 0 aliphatic heterocycles. The summed E-state index contributed by atoms with van der Waals surface area (Å²) in [6.45, 7) is 0. The first-order valence-electron chi connectivity index (χ1n) is 9.40. The smallest absolute Gasteiger partial charge is 0.238 e. The van der Waals surface area contributed by atoms with Crippen molar-refractivity contribution in [1.29, 1.82) is 0 Å². The van der Waals surface area contributed by atoms with Crippen LogP contribution < -0.4 is 5.32 Å². The first-order chi connectivity index (χ1) is 12.2. The summed E-state index contributed by atoms with van der Waals surface area (Å²) in [5, 5.41) is 7.22. The van der Waals surface area contributed by atoms with Crippen molar-refractivity contribution in [3.8, 4) is 11.6 Å². The average molecular weight is 341 g/mol. The van der Waals surface area contributed by atoms with Crippen LogP contribution in [0.4, 0.5) is 0 Å². The summed E-state index contributed by atoms with van der Waals surface area (Å²) in [6.07, 6.45) is 9.12. The molecule has 0 radical (unpaired) electrons. The molecule has 6 heteroatoms. The zero-order valence-electron chi connectivity index (χ0n) is 14.2. The molecule has 0 unspecified atom stereocenters. The average Bonchev–Trinajstić information content (AvgIpc) is 3.26. The minimum Gasteiger partial charge on any atom is -0.461 e. The summed E-state index contributed by atoms with van der Waals surface area (Å²) >= 11 is 0. The normalized spacial score (nSPS) is 32.9. The Hall–Kier alpha value is -2.11. The molecule has 4 aliphatic rings. The van der Waals surface area contributed by atoms with E-state index in [9.17, 15) is 4.79 Å². The van der Waals surface area contributed by atoms with Gasteiger partial charge in [-0.25, -0.2) is 0 Å². The molecular weight excluding hydrogens is 318 g/mol. The van der Waals surface area contributed by atoms with Crippen LogP contribution in [0, 0.1) is 23.7 Å². The molecule has 1 amide bonds. The number of furan rings is 1. The van der Waals surface area contributed by atoms with Crippen LogP contribution in [0.3, 0.4) is 0 Å². The molecule has 0 atom stereocenters. The monoisotopic (exact) mass is 341 g/mol. The van der Waals surface area contributed by atoms with Gasteiger partial charge in [-0.1, -0.05) is 5.16 Å². The van der Waals surface area contributed by atoms with Gasteiger partial charge in [0, 0.05) is 18.9 Å². The maximum absolute atomic E-state index is 12.4. The summed E-state index contributed by atoms with van der Waals surface area (Å²) in [7, 11) is 0. The Morgan fingerprint density at radius 1 is 1.16 bits per heavy atom.